The van der Waals surface area contributed by atoms with Gasteiger partial charge in [-0.25, -0.2) is 0 Å². The van der Waals surface area contributed by atoms with Crippen molar-refractivity contribution in [3.63, 3.8) is 0 Å². The van der Waals surface area contributed by atoms with Gasteiger partial charge in [0.2, 0.25) is 0 Å². The number of ether oxygens (including phenoxy) is 1. The molecule has 2 aromatic carbocycles. The van der Waals surface area contributed by atoms with Gasteiger partial charge in [0.25, 0.3) is 0 Å². The first-order valence-corrected chi connectivity index (χ1v) is 6.35. The molecule has 0 fully saturated rings. The lowest BCUT2D eigenvalue weighted by Gasteiger charge is -2.30. The van der Waals surface area contributed by atoms with Crippen molar-refractivity contribution in [2.24, 2.45) is 0 Å². The summed E-state index contributed by atoms with van der Waals surface area (Å²) in [6, 6.07) is 13.5. The van der Waals surface area contributed by atoms with Crippen LogP contribution < -0.4 is 14.8 Å². The Bertz CT molecular complexity index is 589. The van der Waals surface area contributed by atoms with Gasteiger partial charge in [-0.15, -0.1) is 0 Å². The van der Waals surface area contributed by atoms with Crippen LogP contribution in [0.1, 0.15) is 5.56 Å². The third-order valence-electron chi connectivity index (χ3n) is 2.76. The first-order chi connectivity index (χ1) is 10.1. The fourth-order valence-corrected chi connectivity index (χ4v) is 1.83. The summed E-state index contributed by atoms with van der Waals surface area (Å²) in [7, 11) is 2.96. The van der Waals surface area contributed by atoms with Crippen molar-refractivity contribution < 1.29 is 9.57 Å². The summed E-state index contributed by atoms with van der Waals surface area (Å²) in [6.45, 7) is 0.209. The second-order valence-electron chi connectivity index (χ2n) is 4.48. The van der Waals surface area contributed by atoms with Crippen molar-refractivity contribution in [3.8, 4) is 11.5 Å². The number of anilines is 1. The fraction of sp³-hybridized carbons (Fsp3) is 0.200. The second-order valence-corrected chi connectivity index (χ2v) is 4.48. The Kier molecular flexibility index (Phi) is 4.99. The van der Waals surface area contributed by atoms with Crippen LogP contribution in [0, 0.1) is 10.4 Å². The van der Waals surface area contributed by atoms with Crippen molar-refractivity contribution in [1.82, 2.24) is 5.06 Å². The highest BCUT2D eigenvalue weighted by molar-refractivity contribution is 5.48. The van der Waals surface area contributed by atoms with E-state index in [2.05, 4.69) is 0 Å². The summed E-state index contributed by atoms with van der Waals surface area (Å²) in [5, 5.41) is 24.2. The highest BCUT2D eigenvalue weighted by Crippen LogP contribution is 2.23. The van der Waals surface area contributed by atoms with Crippen LogP contribution in [0.2, 0.25) is 0 Å². The summed E-state index contributed by atoms with van der Waals surface area (Å²) in [5.41, 5.74) is 1.05. The number of rotatable bonds is 6. The lowest BCUT2D eigenvalue weighted by atomic mass is 10.2. The van der Waals surface area contributed by atoms with Crippen LogP contribution in [0.3, 0.4) is 0 Å². The Morgan fingerprint density at radius 2 is 1.71 bits per heavy atom. The summed E-state index contributed by atoms with van der Waals surface area (Å²) < 4.78 is 5.06. The normalized spacial score (nSPS) is 10.5. The molecule has 0 aromatic heterocycles. The standard InChI is InChI=1S/C15H16N2O4/c1-16(18)11-12-5-3-6-13(9-12)17(19)21-15-8-4-7-14(10-15)20-2/h3-10H,11H2,1-2H3/q-2. The van der Waals surface area contributed by atoms with Crippen LogP contribution in [-0.4, -0.2) is 19.2 Å². The molecule has 21 heavy (non-hydrogen) atoms. The van der Waals surface area contributed by atoms with Crippen molar-refractivity contribution >= 4 is 5.69 Å². The van der Waals surface area contributed by atoms with Crippen LogP contribution in [-0.2, 0) is 6.54 Å². The predicted octanol–water partition coefficient (Wildman–Crippen LogP) is 2.92. The minimum absolute atomic E-state index is 0.209. The van der Waals surface area contributed by atoms with E-state index in [9.17, 15) is 10.4 Å². The maximum absolute atomic E-state index is 12.0. The molecule has 0 saturated carbocycles. The molecule has 0 radical (unpaired) electrons. The molecule has 0 unspecified atom stereocenters. The van der Waals surface area contributed by atoms with E-state index < -0.39 is 0 Å². The quantitative estimate of drug-likeness (QED) is 0.761. The van der Waals surface area contributed by atoms with E-state index in [1.165, 1.54) is 14.2 Å². The Balaban J connectivity index is 2.10. The minimum Gasteiger partial charge on any atom is -0.785 e. The molecule has 0 aliphatic carbocycles. The van der Waals surface area contributed by atoms with Gasteiger partial charge in [-0.3, -0.25) is 5.23 Å². The monoisotopic (exact) mass is 288 g/mol. The zero-order chi connectivity index (χ0) is 15.2. The number of hydrogen-bond acceptors (Lipinski definition) is 6. The van der Waals surface area contributed by atoms with Crippen LogP contribution in [0.5, 0.6) is 11.5 Å². The van der Waals surface area contributed by atoms with E-state index in [0.29, 0.717) is 22.4 Å². The lowest BCUT2D eigenvalue weighted by Crippen LogP contribution is -2.19. The lowest BCUT2D eigenvalue weighted by molar-refractivity contribution is 0.316. The Hall–Kier alpha value is -2.28. The van der Waals surface area contributed by atoms with E-state index in [1.54, 1.807) is 48.5 Å². The SMILES string of the molecule is COc1cccc(ON([O-])c2cccc(CN(C)[O-])c2)c1. The van der Waals surface area contributed by atoms with Gasteiger partial charge < -0.3 is 25.1 Å². The van der Waals surface area contributed by atoms with Crippen LogP contribution >= 0.6 is 0 Å². The molecule has 0 amide bonds. The first-order valence-electron chi connectivity index (χ1n) is 6.35. The number of hydrogen-bond donors (Lipinski definition) is 0. The highest BCUT2D eigenvalue weighted by atomic mass is 16.9. The van der Waals surface area contributed by atoms with Gasteiger partial charge in [0.05, 0.1) is 12.8 Å². The molecular formula is C15H16N2O4-2. The Morgan fingerprint density at radius 3 is 2.43 bits per heavy atom. The van der Waals surface area contributed by atoms with Gasteiger partial charge in [-0.2, -0.15) is 0 Å². The smallest absolute Gasteiger partial charge is 0.157 e. The van der Waals surface area contributed by atoms with Gasteiger partial charge in [0.1, 0.15) is 5.75 Å². The number of methoxy groups -OCH3 is 1. The maximum Gasteiger partial charge on any atom is 0.157 e. The largest absolute Gasteiger partial charge is 0.785 e. The molecule has 0 bridgehead atoms. The van der Waals surface area contributed by atoms with E-state index in [-0.39, 0.29) is 6.54 Å². The van der Waals surface area contributed by atoms with E-state index in [1.807, 2.05) is 0 Å². The molecular weight excluding hydrogens is 272 g/mol. The zero-order valence-corrected chi connectivity index (χ0v) is 11.9. The van der Waals surface area contributed by atoms with Crippen LogP contribution in [0.4, 0.5) is 5.69 Å². The average Bonchev–Trinajstić information content (AvgIpc) is 2.47. The summed E-state index contributed by atoms with van der Waals surface area (Å²) in [6.07, 6.45) is 0. The fourth-order valence-electron chi connectivity index (χ4n) is 1.83. The van der Waals surface area contributed by atoms with E-state index in [4.69, 9.17) is 9.57 Å². The number of benzene rings is 2. The molecule has 112 valence electrons. The van der Waals surface area contributed by atoms with Crippen molar-refractivity contribution in [3.05, 3.63) is 64.5 Å². The summed E-state index contributed by atoms with van der Waals surface area (Å²) >= 11 is 0. The number of hydroxylamine groups is 2. The van der Waals surface area contributed by atoms with E-state index in [0.717, 1.165) is 10.6 Å². The van der Waals surface area contributed by atoms with Gasteiger partial charge >= 0.3 is 0 Å². The van der Waals surface area contributed by atoms with Gasteiger partial charge in [-0.1, -0.05) is 18.2 Å². The van der Waals surface area contributed by atoms with E-state index >= 15 is 0 Å². The Morgan fingerprint density at radius 1 is 1.00 bits per heavy atom. The molecule has 0 aliphatic heterocycles. The summed E-state index contributed by atoms with van der Waals surface area (Å²) in [5.74, 6) is 0.971. The molecule has 6 nitrogen and oxygen atoms in total. The molecule has 0 N–H and O–H groups in total. The zero-order valence-electron chi connectivity index (χ0n) is 11.9. The topological polar surface area (TPSA) is 71.1 Å². The van der Waals surface area contributed by atoms with Gasteiger partial charge in [0.15, 0.2) is 5.75 Å². The van der Waals surface area contributed by atoms with Crippen LogP contribution in [0.25, 0.3) is 0 Å². The van der Waals surface area contributed by atoms with Crippen LogP contribution in [0.15, 0.2) is 48.5 Å². The van der Waals surface area contributed by atoms with Crippen molar-refractivity contribution in [2.75, 3.05) is 19.4 Å². The van der Waals surface area contributed by atoms with Gasteiger partial charge in [0, 0.05) is 12.6 Å². The van der Waals surface area contributed by atoms with Crippen molar-refractivity contribution in [2.45, 2.75) is 6.54 Å². The molecule has 2 rings (SSSR count). The summed E-state index contributed by atoms with van der Waals surface area (Å²) in [4.78, 5) is 5.21. The van der Waals surface area contributed by atoms with Gasteiger partial charge in [-0.05, 0) is 36.9 Å². The third-order valence-corrected chi connectivity index (χ3v) is 2.76. The number of nitrogens with zero attached hydrogens (tertiary/aromatic N) is 2. The maximum atomic E-state index is 12.0. The molecule has 2 aromatic rings. The molecule has 0 atom stereocenters. The predicted molar refractivity (Wildman–Crippen MR) is 80.7 cm³/mol. The minimum atomic E-state index is 0.209. The third kappa shape index (κ3) is 4.35. The molecule has 0 spiro atoms. The van der Waals surface area contributed by atoms with Crippen molar-refractivity contribution in [1.29, 1.82) is 0 Å². The molecule has 0 aliphatic rings. The molecule has 0 saturated heterocycles. The molecule has 0 heterocycles. The Labute approximate surface area is 123 Å². The highest BCUT2D eigenvalue weighted by Gasteiger charge is 2.02. The second kappa shape index (κ2) is 6.94. The average molecular weight is 288 g/mol. The first kappa shape index (κ1) is 15.1. The molecule has 6 heteroatoms.